The van der Waals surface area contributed by atoms with Crippen LogP contribution in [0.2, 0.25) is 0 Å². The van der Waals surface area contributed by atoms with E-state index < -0.39 is 21.7 Å². The highest BCUT2D eigenvalue weighted by Crippen LogP contribution is 2.23. The summed E-state index contributed by atoms with van der Waals surface area (Å²) < 4.78 is 27.2. The lowest BCUT2D eigenvalue weighted by Gasteiger charge is -2.31. The predicted octanol–water partition coefficient (Wildman–Crippen LogP) is 1.51. The molecule has 2 heterocycles. The molecule has 0 bridgehead atoms. The highest BCUT2D eigenvalue weighted by molar-refractivity contribution is 7.89. The lowest BCUT2D eigenvalue weighted by atomic mass is 9.95. The molecule has 1 aromatic heterocycles. The quantitative estimate of drug-likeness (QED) is 0.725. The molecule has 0 aliphatic carbocycles. The first-order chi connectivity index (χ1) is 12.9. The van der Waals surface area contributed by atoms with Crippen LogP contribution in [0.4, 0.5) is 0 Å². The number of nitrogens with zero attached hydrogens (tertiary/aromatic N) is 4. The fraction of sp³-hybridized carbons (Fsp3) is 0.316. The SMILES string of the molecule is CN1CCN(S(=O)(=O)c2cccc(C(=O)[C@H](C#N)c3ccccn3)c2)CC1. The number of rotatable bonds is 5. The molecule has 0 spiro atoms. The zero-order chi connectivity index (χ0) is 19.4. The molecule has 1 atom stereocenters. The number of nitriles is 1. The van der Waals surface area contributed by atoms with Gasteiger partial charge in [-0.1, -0.05) is 18.2 Å². The van der Waals surface area contributed by atoms with E-state index >= 15 is 0 Å². The van der Waals surface area contributed by atoms with E-state index in [0.29, 0.717) is 31.9 Å². The Hall–Kier alpha value is -2.60. The summed E-state index contributed by atoms with van der Waals surface area (Å²) in [5.74, 6) is -1.54. The Morgan fingerprint density at radius 1 is 1.15 bits per heavy atom. The van der Waals surface area contributed by atoms with Crippen LogP contribution in [0.1, 0.15) is 22.0 Å². The van der Waals surface area contributed by atoms with Crippen LogP contribution in [0, 0.1) is 11.3 Å². The van der Waals surface area contributed by atoms with Crippen molar-refractivity contribution in [3.63, 3.8) is 0 Å². The number of sulfonamides is 1. The molecule has 1 fully saturated rings. The number of piperazine rings is 1. The second kappa shape index (κ2) is 7.96. The van der Waals surface area contributed by atoms with Crippen LogP contribution in [0.5, 0.6) is 0 Å². The monoisotopic (exact) mass is 384 g/mol. The summed E-state index contributed by atoms with van der Waals surface area (Å²) >= 11 is 0. The maximum Gasteiger partial charge on any atom is 0.243 e. The molecular weight excluding hydrogens is 364 g/mol. The summed E-state index contributed by atoms with van der Waals surface area (Å²) in [6.07, 6.45) is 1.52. The van der Waals surface area contributed by atoms with Crippen LogP contribution in [0.15, 0.2) is 53.6 Å². The number of benzene rings is 1. The van der Waals surface area contributed by atoms with E-state index in [9.17, 15) is 18.5 Å². The van der Waals surface area contributed by atoms with E-state index in [1.165, 1.54) is 34.8 Å². The van der Waals surface area contributed by atoms with Crippen molar-refractivity contribution in [1.29, 1.82) is 5.26 Å². The third-order valence-corrected chi connectivity index (χ3v) is 6.49. The van der Waals surface area contributed by atoms with Crippen molar-refractivity contribution in [2.75, 3.05) is 33.2 Å². The summed E-state index contributed by atoms with van der Waals surface area (Å²) in [5, 5.41) is 9.43. The number of ketones is 1. The van der Waals surface area contributed by atoms with Crippen LogP contribution in [0.3, 0.4) is 0 Å². The standard InChI is InChI=1S/C19H20N4O3S/c1-22-9-11-23(12-10-22)27(25,26)16-6-4-5-15(13-16)19(24)17(14-20)18-7-2-3-8-21-18/h2-8,13,17H,9-12H2,1H3/t17-/m1/s1. The van der Waals surface area contributed by atoms with E-state index in [2.05, 4.69) is 9.88 Å². The Labute approximate surface area is 158 Å². The minimum atomic E-state index is -3.68. The van der Waals surface area contributed by atoms with Crippen molar-refractivity contribution >= 4 is 15.8 Å². The van der Waals surface area contributed by atoms with Gasteiger partial charge in [0.05, 0.1) is 16.7 Å². The number of hydrogen-bond acceptors (Lipinski definition) is 6. The summed E-state index contributed by atoms with van der Waals surface area (Å²) in [4.78, 5) is 19.0. The van der Waals surface area contributed by atoms with Gasteiger partial charge in [-0.05, 0) is 31.3 Å². The van der Waals surface area contributed by atoms with E-state index in [1.807, 2.05) is 13.1 Å². The molecule has 140 valence electrons. The Morgan fingerprint density at radius 3 is 2.52 bits per heavy atom. The fourth-order valence-corrected chi connectivity index (χ4v) is 4.43. The molecule has 0 radical (unpaired) electrons. The minimum absolute atomic E-state index is 0.0654. The number of likely N-dealkylation sites (N-methyl/N-ethyl adjacent to an activating group) is 1. The summed E-state index contributed by atoms with van der Waals surface area (Å²) in [6.45, 7) is 2.14. The maximum atomic E-state index is 12.9. The number of carbonyl (C=O) groups excluding carboxylic acids is 1. The number of carbonyl (C=O) groups is 1. The molecule has 2 aromatic rings. The van der Waals surface area contributed by atoms with Gasteiger partial charge in [-0.2, -0.15) is 9.57 Å². The lowest BCUT2D eigenvalue weighted by molar-refractivity contribution is 0.0977. The molecule has 1 saturated heterocycles. The Kier molecular flexibility index (Phi) is 5.65. The van der Waals surface area contributed by atoms with Crippen LogP contribution in [0.25, 0.3) is 0 Å². The zero-order valence-corrected chi connectivity index (χ0v) is 15.8. The van der Waals surface area contributed by atoms with Gasteiger partial charge in [-0.3, -0.25) is 9.78 Å². The molecule has 7 nitrogen and oxygen atoms in total. The van der Waals surface area contributed by atoms with Gasteiger partial charge in [0.25, 0.3) is 0 Å². The van der Waals surface area contributed by atoms with Crippen LogP contribution < -0.4 is 0 Å². The van der Waals surface area contributed by atoms with Crippen LogP contribution in [-0.4, -0.2) is 61.6 Å². The molecule has 1 aromatic carbocycles. The molecule has 27 heavy (non-hydrogen) atoms. The number of pyridine rings is 1. The summed E-state index contributed by atoms with van der Waals surface area (Å²) in [7, 11) is -1.74. The van der Waals surface area contributed by atoms with Crippen molar-refractivity contribution in [2.24, 2.45) is 0 Å². The van der Waals surface area contributed by atoms with Crippen molar-refractivity contribution in [1.82, 2.24) is 14.2 Å². The molecule has 0 unspecified atom stereocenters. The molecule has 8 heteroatoms. The van der Waals surface area contributed by atoms with Crippen molar-refractivity contribution < 1.29 is 13.2 Å². The van der Waals surface area contributed by atoms with E-state index in [1.54, 1.807) is 18.2 Å². The van der Waals surface area contributed by atoms with Crippen molar-refractivity contribution in [3.05, 3.63) is 59.9 Å². The predicted molar refractivity (Wildman–Crippen MR) is 99.6 cm³/mol. The molecule has 0 saturated carbocycles. The van der Waals surface area contributed by atoms with Gasteiger partial charge in [-0.25, -0.2) is 8.42 Å². The van der Waals surface area contributed by atoms with E-state index in [0.717, 1.165) is 0 Å². The molecular formula is C19H20N4O3S. The van der Waals surface area contributed by atoms with E-state index in [4.69, 9.17) is 0 Å². The van der Waals surface area contributed by atoms with Gasteiger partial charge >= 0.3 is 0 Å². The Morgan fingerprint density at radius 2 is 1.89 bits per heavy atom. The molecule has 0 N–H and O–H groups in total. The number of hydrogen-bond donors (Lipinski definition) is 0. The van der Waals surface area contributed by atoms with Gasteiger partial charge in [0, 0.05) is 37.9 Å². The lowest BCUT2D eigenvalue weighted by Crippen LogP contribution is -2.47. The summed E-state index contributed by atoms with van der Waals surface area (Å²) in [6, 6.07) is 12.9. The normalized spacial score (nSPS) is 17.2. The first-order valence-electron chi connectivity index (χ1n) is 8.57. The average Bonchev–Trinajstić information content (AvgIpc) is 2.70. The fourth-order valence-electron chi connectivity index (χ4n) is 2.96. The van der Waals surface area contributed by atoms with Crippen molar-refractivity contribution in [3.8, 4) is 6.07 Å². The van der Waals surface area contributed by atoms with E-state index in [-0.39, 0.29) is 10.5 Å². The Balaban J connectivity index is 1.89. The topological polar surface area (TPSA) is 94.4 Å². The second-order valence-electron chi connectivity index (χ2n) is 6.42. The first-order valence-corrected chi connectivity index (χ1v) is 10.0. The van der Waals surface area contributed by atoms with Gasteiger partial charge in [-0.15, -0.1) is 0 Å². The summed E-state index contributed by atoms with van der Waals surface area (Å²) in [5.41, 5.74) is 0.528. The molecule has 1 aliphatic rings. The van der Waals surface area contributed by atoms with Crippen LogP contribution >= 0.6 is 0 Å². The number of Topliss-reactive ketones (excluding diaryl/α,β-unsaturated/α-hetero) is 1. The van der Waals surface area contributed by atoms with Gasteiger partial charge in [0.1, 0.15) is 0 Å². The smallest absolute Gasteiger partial charge is 0.243 e. The average molecular weight is 384 g/mol. The molecule has 0 amide bonds. The second-order valence-corrected chi connectivity index (χ2v) is 8.35. The molecule has 3 rings (SSSR count). The minimum Gasteiger partial charge on any atom is -0.304 e. The highest BCUT2D eigenvalue weighted by atomic mass is 32.2. The molecule has 1 aliphatic heterocycles. The largest absolute Gasteiger partial charge is 0.304 e. The van der Waals surface area contributed by atoms with Gasteiger partial charge in [0.15, 0.2) is 11.7 Å². The maximum absolute atomic E-state index is 12.9. The highest BCUT2D eigenvalue weighted by Gasteiger charge is 2.29. The van der Waals surface area contributed by atoms with Gasteiger partial charge < -0.3 is 4.90 Å². The number of aromatic nitrogens is 1. The first kappa shape index (κ1) is 19.2. The van der Waals surface area contributed by atoms with Crippen molar-refractivity contribution in [2.45, 2.75) is 10.8 Å². The van der Waals surface area contributed by atoms with Gasteiger partial charge in [0.2, 0.25) is 10.0 Å². The third-order valence-electron chi connectivity index (χ3n) is 4.59. The van der Waals surface area contributed by atoms with Crippen LogP contribution in [-0.2, 0) is 10.0 Å². The Bertz CT molecular complexity index is 962. The zero-order valence-electron chi connectivity index (χ0n) is 14.9. The third kappa shape index (κ3) is 4.06.